The molecule has 2 aromatic heterocycles. The fourth-order valence-corrected chi connectivity index (χ4v) is 4.18. The van der Waals surface area contributed by atoms with E-state index in [1.165, 1.54) is 0 Å². The van der Waals surface area contributed by atoms with E-state index in [9.17, 15) is 4.79 Å². The lowest BCUT2D eigenvalue weighted by atomic mass is 9.84. The summed E-state index contributed by atoms with van der Waals surface area (Å²) < 4.78 is 7.41. The highest BCUT2D eigenvalue weighted by Gasteiger charge is 2.46. The van der Waals surface area contributed by atoms with Crippen LogP contribution >= 0.6 is 0 Å². The SMILES string of the molecule is Cn1ccnc1CN1CCC2(CCCN2C(=O)c2ccco2)CC1. The number of amides is 1. The Morgan fingerprint density at radius 3 is 2.79 bits per heavy atom. The fraction of sp³-hybridized carbons (Fsp3) is 0.556. The van der Waals surface area contributed by atoms with E-state index in [-0.39, 0.29) is 11.4 Å². The third-order valence-corrected chi connectivity index (χ3v) is 5.65. The van der Waals surface area contributed by atoms with Crippen LogP contribution in [0.25, 0.3) is 0 Å². The number of carbonyl (C=O) groups is 1. The molecule has 0 bridgehead atoms. The van der Waals surface area contributed by atoms with Gasteiger partial charge in [-0.05, 0) is 37.8 Å². The lowest BCUT2D eigenvalue weighted by Crippen LogP contribution is -2.53. The molecule has 1 amide bonds. The van der Waals surface area contributed by atoms with Gasteiger partial charge < -0.3 is 13.9 Å². The minimum Gasteiger partial charge on any atom is -0.459 e. The molecule has 2 aliphatic rings. The van der Waals surface area contributed by atoms with Crippen molar-refractivity contribution in [2.24, 2.45) is 7.05 Å². The van der Waals surface area contributed by atoms with Gasteiger partial charge in [-0.15, -0.1) is 0 Å². The number of hydrogen-bond donors (Lipinski definition) is 0. The Labute approximate surface area is 142 Å². The molecule has 128 valence electrons. The third kappa shape index (κ3) is 2.65. The van der Waals surface area contributed by atoms with Crippen molar-refractivity contribution in [2.75, 3.05) is 19.6 Å². The number of aromatic nitrogens is 2. The summed E-state index contributed by atoms with van der Waals surface area (Å²) in [7, 11) is 2.04. The summed E-state index contributed by atoms with van der Waals surface area (Å²) in [5.41, 5.74) is 0.0159. The standard InChI is InChI=1S/C18H24N4O2/c1-20-12-8-19-16(20)14-21-10-6-18(7-11-21)5-3-9-22(18)17(23)15-4-2-13-24-15/h2,4,8,12-13H,3,5-7,9-11,14H2,1H3. The molecule has 4 rings (SSSR count). The lowest BCUT2D eigenvalue weighted by molar-refractivity contribution is 0.0327. The van der Waals surface area contributed by atoms with E-state index >= 15 is 0 Å². The van der Waals surface area contributed by atoms with Crippen LogP contribution in [0.5, 0.6) is 0 Å². The molecule has 0 saturated carbocycles. The Hall–Kier alpha value is -2.08. The number of imidazole rings is 1. The molecule has 0 aromatic carbocycles. The van der Waals surface area contributed by atoms with E-state index in [0.29, 0.717) is 5.76 Å². The number of rotatable bonds is 3. The molecule has 2 fully saturated rings. The highest BCUT2D eigenvalue weighted by Crippen LogP contribution is 2.39. The van der Waals surface area contributed by atoms with Crippen LogP contribution in [-0.2, 0) is 13.6 Å². The molecule has 4 heterocycles. The van der Waals surface area contributed by atoms with Gasteiger partial charge in [-0.2, -0.15) is 0 Å². The van der Waals surface area contributed by atoms with Crippen molar-refractivity contribution in [3.63, 3.8) is 0 Å². The zero-order valence-electron chi connectivity index (χ0n) is 14.1. The first kappa shape index (κ1) is 15.4. The number of aryl methyl sites for hydroxylation is 1. The first-order valence-electron chi connectivity index (χ1n) is 8.72. The summed E-state index contributed by atoms with van der Waals surface area (Å²) in [5.74, 6) is 1.61. The Morgan fingerprint density at radius 1 is 1.29 bits per heavy atom. The van der Waals surface area contributed by atoms with E-state index in [4.69, 9.17) is 4.42 Å². The maximum atomic E-state index is 12.8. The quantitative estimate of drug-likeness (QED) is 0.867. The number of carbonyl (C=O) groups excluding carboxylic acids is 1. The van der Waals surface area contributed by atoms with Gasteiger partial charge in [0.15, 0.2) is 5.76 Å². The van der Waals surface area contributed by atoms with Gasteiger partial charge in [0.1, 0.15) is 5.82 Å². The molecular formula is C18H24N4O2. The zero-order chi connectivity index (χ0) is 16.6. The topological polar surface area (TPSA) is 54.5 Å². The van der Waals surface area contributed by atoms with Gasteiger partial charge in [0, 0.05) is 44.6 Å². The van der Waals surface area contributed by atoms with E-state index in [2.05, 4.69) is 19.4 Å². The summed E-state index contributed by atoms with van der Waals surface area (Å²) in [6.07, 6.45) is 9.67. The molecule has 0 unspecified atom stereocenters. The van der Waals surface area contributed by atoms with Gasteiger partial charge in [-0.1, -0.05) is 0 Å². The number of piperidine rings is 1. The summed E-state index contributed by atoms with van der Waals surface area (Å²) in [4.78, 5) is 21.7. The highest BCUT2D eigenvalue weighted by atomic mass is 16.3. The molecule has 6 heteroatoms. The second kappa shape index (κ2) is 6.09. The van der Waals surface area contributed by atoms with Crippen LogP contribution < -0.4 is 0 Å². The van der Waals surface area contributed by atoms with Crippen LogP contribution in [-0.4, -0.2) is 50.4 Å². The third-order valence-electron chi connectivity index (χ3n) is 5.65. The zero-order valence-corrected chi connectivity index (χ0v) is 14.1. The maximum Gasteiger partial charge on any atom is 0.290 e. The first-order valence-corrected chi connectivity index (χ1v) is 8.72. The van der Waals surface area contributed by atoms with Gasteiger partial charge >= 0.3 is 0 Å². The molecule has 24 heavy (non-hydrogen) atoms. The highest BCUT2D eigenvalue weighted by molar-refractivity contribution is 5.92. The van der Waals surface area contributed by atoms with Crippen LogP contribution in [0.3, 0.4) is 0 Å². The van der Waals surface area contributed by atoms with Crippen LogP contribution in [0.15, 0.2) is 35.2 Å². The van der Waals surface area contributed by atoms with Crippen molar-refractivity contribution >= 4 is 5.91 Å². The van der Waals surface area contributed by atoms with Crippen LogP contribution in [0.2, 0.25) is 0 Å². The van der Waals surface area contributed by atoms with E-state index in [0.717, 1.165) is 57.7 Å². The number of hydrogen-bond acceptors (Lipinski definition) is 4. The summed E-state index contributed by atoms with van der Waals surface area (Å²) in [5, 5.41) is 0. The van der Waals surface area contributed by atoms with Gasteiger partial charge in [-0.25, -0.2) is 4.98 Å². The molecule has 1 spiro atoms. The van der Waals surface area contributed by atoms with Crippen molar-refractivity contribution in [1.29, 1.82) is 0 Å². The molecule has 2 saturated heterocycles. The molecule has 6 nitrogen and oxygen atoms in total. The molecule has 0 radical (unpaired) electrons. The average Bonchev–Trinajstić information content (AvgIpc) is 3.32. The molecule has 2 aromatic rings. The molecular weight excluding hydrogens is 304 g/mol. The van der Waals surface area contributed by atoms with Crippen LogP contribution in [0, 0.1) is 0 Å². The largest absolute Gasteiger partial charge is 0.459 e. The Balaban J connectivity index is 1.43. The van der Waals surface area contributed by atoms with Crippen molar-refractivity contribution in [3.8, 4) is 0 Å². The summed E-state index contributed by atoms with van der Waals surface area (Å²) in [6.45, 7) is 3.74. The molecule has 0 N–H and O–H groups in total. The van der Waals surface area contributed by atoms with Crippen molar-refractivity contribution in [2.45, 2.75) is 37.8 Å². The molecule has 0 aliphatic carbocycles. The van der Waals surface area contributed by atoms with Crippen molar-refractivity contribution in [1.82, 2.24) is 19.4 Å². The van der Waals surface area contributed by atoms with Crippen LogP contribution in [0.4, 0.5) is 0 Å². The van der Waals surface area contributed by atoms with Crippen molar-refractivity contribution in [3.05, 3.63) is 42.4 Å². The van der Waals surface area contributed by atoms with Gasteiger partial charge in [-0.3, -0.25) is 9.69 Å². The summed E-state index contributed by atoms with van der Waals surface area (Å²) >= 11 is 0. The monoisotopic (exact) mass is 328 g/mol. The maximum absolute atomic E-state index is 12.8. The second-order valence-corrected chi connectivity index (χ2v) is 6.99. The number of nitrogens with zero attached hydrogens (tertiary/aromatic N) is 4. The minimum atomic E-state index is 0.0159. The molecule has 2 aliphatic heterocycles. The van der Waals surface area contributed by atoms with E-state index in [1.807, 2.05) is 19.4 Å². The summed E-state index contributed by atoms with van der Waals surface area (Å²) in [6, 6.07) is 3.55. The predicted molar refractivity (Wildman–Crippen MR) is 89.4 cm³/mol. The lowest BCUT2D eigenvalue weighted by Gasteiger charge is -2.44. The predicted octanol–water partition coefficient (Wildman–Crippen LogP) is 2.28. The fourth-order valence-electron chi connectivity index (χ4n) is 4.18. The van der Waals surface area contributed by atoms with Gasteiger partial charge in [0.2, 0.25) is 0 Å². The Kier molecular flexibility index (Phi) is 3.92. The van der Waals surface area contributed by atoms with Crippen molar-refractivity contribution < 1.29 is 9.21 Å². The Morgan fingerprint density at radius 2 is 2.12 bits per heavy atom. The minimum absolute atomic E-state index is 0.0159. The Bertz CT molecular complexity index is 698. The first-order chi connectivity index (χ1) is 11.7. The average molecular weight is 328 g/mol. The smallest absolute Gasteiger partial charge is 0.290 e. The number of likely N-dealkylation sites (tertiary alicyclic amines) is 2. The van der Waals surface area contributed by atoms with E-state index < -0.39 is 0 Å². The number of furan rings is 1. The molecule has 0 atom stereocenters. The normalized spacial score (nSPS) is 20.8. The van der Waals surface area contributed by atoms with Crippen LogP contribution in [0.1, 0.15) is 42.1 Å². The van der Waals surface area contributed by atoms with Gasteiger partial charge in [0.05, 0.1) is 12.8 Å². The van der Waals surface area contributed by atoms with Gasteiger partial charge in [0.25, 0.3) is 5.91 Å². The van der Waals surface area contributed by atoms with E-state index in [1.54, 1.807) is 18.4 Å². The second-order valence-electron chi connectivity index (χ2n) is 6.99.